The van der Waals surface area contributed by atoms with Gasteiger partial charge >= 0.3 is 10.1 Å². The van der Waals surface area contributed by atoms with Crippen molar-refractivity contribution in [1.82, 2.24) is 0 Å². The molecule has 0 atom stereocenters. The molecule has 2 aromatic rings. The quantitative estimate of drug-likeness (QED) is 0.296. The Hall–Kier alpha value is -2.19. The van der Waals surface area contributed by atoms with E-state index in [9.17, 15) is 28.8 Å². The minimum absolute atomic E-state index is 0.155. The molecule has 0 radical (unpaired) electrons. The largest absolute Gasteiger partial charge is 0.507 e. The maximum atomic E-state index is 11.0. The number of fused-ring (bicyclic) bond motifs is 1. The highest BCUT2D eigenvalue weighted by molar-refractivity contribution is 7.86. The minimum atomic E-state index is -4.97. The number of aromatic hydroxyl groups is 4. The van der Waals surface area contributed by atoms with Gasteiger partial charge in [0.1, 0.15) is 5.75 Å². The van der Waals surface area contributed by atoms with Gasteiger partial charge in [0, 0.05) is 5.39 Å². The van der Waals surface area contributed by atoms with E-state index < -0.39 is 38.0 Å². The Bertz CT molecular complexity index is 749. The minimum Gasteiger partial charge on any atom is -0.507 e. The summed E-state index contributed by atoms with van der Waals surface area (Å²) in [6.07, 6.45) is 0. The fourth-order valence-electron chi connectivity index (χ4n) is 1.69. The third-order valence-electron chi connectivity index (χ3n) is 2.45. The Labute approximate surface area is 101 Å². The molecule has 2 rings (SSSR count). The first kappa shape index (κ1) is 12.3. The van der Waals surface area contributed by atoms with E-state index in [4.69, 9.17) is 4.55 Å². The maximum Gasteiger partial charge on any atom is 0.302 e. The van der Waals surface area contributed by atoms with Crippen molar-refractivity contribution >= 4 is 20.9 Å². The van der Waals surface area contributed by atoms with Gasteiger partial charge in [-0.1, -0.05) is 12.1 Å². The molecule has 0 aliphatic carbocycles. The summed E-state index contributed by atoms with van der Waals surface area (Å²) in [5.74, 6) is -3.61. The van der Waals surface area contributed by atoms with E-state index in [1.165, 1.54) is 12.1 Å². The highest BCUT2D eigenvalue weighted by Crippen LogP contribution is 2.48. The molecule has 0 saturated carbocycles. The summed E-state index contributed by atoms with van der Waals surface area (Å²) in [5, 5.41) is 37.8. The average Bonchev–Trinajstić information content (AvgIpc) is 2.24. The van der Waals surface area contributed by atoms with Gasteiger partial charge in [0.25, 0.3) is 0 Å². The van der Waals surface area contributed by atoms with Crippen LogP contribution >= 0.6 is 0 Å². The molecule has 0 amide bonds. The average molecular weight is 272 g/mol. The molecule has 0 aliphatic heterocycles. The third kappa shape index (κ3) is 1.59. The molecule has 8 heteroatoms. The first-order chi connectivity index (χ1) is 8.25. The Balaban J connectivity index is 3.14. The smallest absolute Gasteiger partial charge is 0.302 e. The zero-order chi connectivity index (χ0) is 13.7. The number of phenolic OH excluding ortho intramolecular Hbond substituents is 4. The topological polar surface area (TPSA) is 135 Å². The fraction of sp³-hybridized carbons (Fsp3) is 0. The van der Waals surface area contributed by atoms with Crippen molar-refractivity contribution in [3.8, 4) is 23.0 Å². The van der Waals surface area contributed by atoms with Crippen LogP contribution in [0, 0.1) is 0 Å². The van der Waals surface area contributed by atoms with Gasteiger partial charge < -0.3 is 20.4 Å². The Morgan fingerprint density at radius 2 is 1.50 bits per heavy atom. The van der Waals surface area contributed by atoms with Crippen LogP contribution in [0.25, 0.3) is 10.8 Å². The van der Waals surface area contributed by atoms with Crippen LogP contribution in [0.2, 0.25) is 0 Å². The van der Waals surface area contributed by atoms with Gasteiger partial charge in [-0.05, 0) is 6.07 Å². The lowest BCUT2D eigenvalue weighted by Gasteiger charge is -2.11. The SMILES string of the molecule is O=S(=O)(O)c1c(O)c(O)c2cccc(O)c2c1O. The van der Waals surface area contributed by atoms with Gasteiger partial charge in [-0.3, -0.25) is 4.55 Å². The predicted molar refractivity (Wildman–Crippen MR) is 60.4 cm³/mol. The lowest BCUT2D eigenvalue weighted by molar-refractivity contribution is 0.378. The number of hydrogen-bond acceptors (Lipinski definition) is 6. The molecule has 0 unspecified atom stereocenters. The molecule has 0 aromatic heterocycles. The van der Waals surface area contributed by atoms with E-state index >= 15 is 0 Å². The monoisotopic (exact) mass is 272 g/mol. The molecule has 0 aliphatic rings. The highest BCUT2D eigenvalue weighted by Gasteiger charge is 2.28. The molecule has 96 valence electrons. The number of rotatable bonds is 1. The van der Waals surface area contributed by atoms with Crippen molar-refractivity contribution in [2.45, 2.75) is 4.90 Å². The van der Waals surface area contributed by atoms with Crippen molar-refractivity contribution < 1.29 is 33.4 Å². The van der Waals surface area contributed by atoms with Crippen LogP contribution in [0.3, 0.4) is 0 Å². The summed E-state index contributed by atoms with van der Waals surface area (Å²) in [6, 6.07) is 3.72. The second kappa shape index (κ2) is 3.65. The van der Waals surface area contributed by atoms with Crippen molar-refractivity contribution in [3.63, 3.8) is 0 Å². The van der Waals surface area contributed by atoms with Gasteiger partial charge in [0.2, 0.25) is 0 Å². The van der Waals surface area contributed by atoms with E-state index in [-0.39, 0.29) is 10.8 Å². The Kier molecular flexibility index (Phi) is 2.49. The molecule has 0 spiro atoms. The summed E-state index contributed by atoms with van der Waals surface area (Å²) < 4.78 is 30.9. The molecule has 0 fully saturated rings. The number of hydrogen-bond donors (Lipinski definition) is 5. The van der Waals surface area contributed by atoms with Crippen LogP contribution in [0.5, 0.6) is 23.0 Å². The standard InChI is InChI=1S/C10H8O7S/c11-5-3-1-2-4-6(5)8(13)10(18(15,16)17)9(14)7(4)12/h1-3,11-14H,(H,15,16,17). The highest BCUT2D eigenvalue weighted by atomic mass is 32.2. The van der Waals surface area contributed by atoms with Crippen LogP contribution in [-0.4, -0.2) is 33.4 Å². The van der Waals surface area contributed by atoms with Gasteiger partial charge in [-0.2, -0.15) is 8.42 Å². The molecule has 18 heavy (non-hydrogen) atoms. The van der Waals surface area contributed by atoms with Crippen molar-refractivity contribution in [3.05, 3.63) is 18.2 Å². The summed E-state index contributed by atoms with van der Waals surface area (Å²) in [6.45, 7) is 0. The zero-order valence-electron chi connectivity index (χ0n) is 8.69. The lowest BCUT2D eigenvalue weighted by Crippen LogP contribution is -2.00. The van der Waals surface area contributed by atoms with E-state index in [2.05, 4.69) is 0 Å². The normalized spacial score (nSPS) is 11.8. The molecule has 0 saturated heterocycles. The molecule has 2 aromatic carbocycles. The third-order valence-corrected chi connectivity index (χ3v) is 3.35. The summed E-state index contributed by atoms with van der Waals surface area (Å²) in [4.78, 5) is -1.26. The zero-order valence-corrected chi connectivity index (χ0v) is 9.51. The molecular weight excluding hydrogens is 264 g/mol. The van der Waals surface area contributed by atoms with E-state index in [1.807, 2.05) is 0 Å². The molecule has 0 heterocycles. The first-order valence-electron chi connectivity index (χ1n) is 4.61. The summed E-state index contributed by atoms with van der Waals surface area (Å²) in [7, 11) is -4.97. The fourth-order valence-corrected chi connectivity index (χ4v) is 2.38. The van der Waals surface area contributed by atoms with E-state index in [1.54, 1.807) is 0 Å². The van der Waals surface area contributed by atoms with Crippen LogP contribution in [-0.2, 0) is 10.1 Å². The van der Waals surface area contributed by atoms with Crippen LogP contribution in [0.4, 0.5) is 0 Å². The van der Waals surface area contributed by atoms with Crippen molar-refractivity contribution in [2.75, 3.05) is 0 Å². The lowest BCUT2D eigenvalue weighted by atomic mass is 10.1. The Morgan fingerprint density at radius 1 is 0.889 bits per heavy atom. The van der Waals surface area contributed by atoms with Crippen LogP contribution in [0.15, 0.2) is 23.1 Å². The molecule has 7 nitrogen and oxygen atoms in total. The second-order valence-electron chi connectivity index (χ2n) is 3.55. The van der Waals surface area contributed by atoms with Gasteiger partial charge in [0.05, 0.1) is 5.39 Å². The van der Waals surface area contributed by atoms with Crippen LogP contribution < -0.4 is 0 Å². The van der Waals surface area contributed by atoms with Gasteiger partial charge in [-0.15, -0.1) is 0 Å². The van der Waals surface area contributed by atoms with Crippen LogP contribution in [0.1, 0.15) is 0 Å². The molecule has 0 bridgehead atoms. The molecule has 5 N–H and O–H groups in total. The van der Waals surface area contributed by atoms with Gasteiger partial charge in [0.15, 0.2) is 22.1 Å². The van der Waals surface area contributed by atoms with E-state index in [0.29, 0.717) is 0 Å². The number of phenols is 4. The second-order valence-corrected chi connectivity index (χ2v) is 4.91. The van der Waals surface area contributed by atoms with Gasteiger partial charge in [-0.25, -0.2) is 0 Å². The predicted octanol–water partition coefficient (Wildman–Crippen LogP) is 0.909. The van der Waals surface area contributed by atoms with Crippen molar-refractivity contribution in [1.29, 1.82) is 0 Å². The Morgan fingerprint density at radius 3 is 2.06 bits per heavy atom. The number of benzene rings is 2. The van der Waals surface area contributed by atoms with E-state index in [0.717, 1.165) is 6.07 Å². The summed E-state index contributed by atoms with van der Waals surface area (Å²) in [5.41, 5.74) is 0. The molecular formula is C10H8O7S. The summed E-state index contributed by atoms with van der Waals surface area (Å²) >= 11 is 0. The maximum absolute atomic E-state index is 11.0. The van der Waals surface area contributed by atoms with Crippen molar-refractivity contribution in [2.24, 2.45) is 0 Å². The first-order valence-corrected chi connectivity index (χ1v) is 6.05.